The van der Waals surface area contributed by atoms with Crippen LogP contribution in [-0.4, -0.2) is 47.7 Å². The van der Waals surface area contributed by atoms with Gasteiger partial charge < -0.3 is 14.7 Å². The number of hydrogen-bond acceptors (Lipinski definition) is 3. The molecule has 1 fully saturated rings. The van der Waals surface area contributed by atoms with E-state index in [1.54, 1.807) is 12.1 Å². The molecule has 1 heterocycles. The summed E-state index contributed by atoms with van der Waals surface area (Å²) in [6.07, 6.45) is 1.81. The van der Waals surface area contributed by atoms with Crippen LogP contribution in [0.2, 0.25) is 0 Å². The Labute approximate surface area is 115 Å². The summed E-state index contributed by atoms with van der Waals surface area (Å²) in [5, 5.41) is 8.85. The fourth-order valence-electron chi connectivity index (χ4n) is 1.88. The first-order chi connectivity index (χ1) is 9.56. The maximum atomic E-state index is 13.0. The number of halogens is 1. The van der Waals surface area contributed by atoms with Crippen LogP contribution in [0.1, 0.15) is 5.56 Å². The maximum absolute atomic E-state index is 13.0. The lowest BCUT2D eigenvalue weighted by atomic mass is 10.2. The first kappa shape index (κ1) is 14.2. The highest BCUT2D eigenvalue weighted by Crippen LogP contribution is 2.09. The third kappa shape index (κ3) is 3.64. The van der Waals surface area contributed by atoms with Crippen LogP contribution in [0.25, 0.3) is 6.08 Å². The summed E-state index contributed by atoms with van der Waals surface area (Å²) in [5.74, 6) is -1.78. The SMILES string of the molecule is O=C(O)C1CN(C(=O)C=Cc2cccc(F)c2)CCO1. The molecule has 1 aromatic rings. The molecule has 1 N–H and O–H groups in total. The van der Waals surface area contributed by atoms with Crippen molar-refractivity contribution in [2.45, 2.75) is 6.10 Å². The van der Waals surface area contributed by atoms with Crippen LogP contribution in [0.3, 0.4) is 0 Å². The topological polar surface area (TPSA) is 66.8 Å². The normalized spacial score (nSPS) is 19.2. The van der Waals surface area contributed by atoms with Crippen LogP contribution in [0, 0.1) is 5.82 Å². The Morgan fingerprint density at radius 3 is 2.95 bits per heavy atom. The van der Waals surface area contributed by atoms with Gasteiger partial charge in [0.2, 0.25) is 5.91 Å². The zero-order valence-corrected chi connectivity index (χ0v) is 10.7. The fourth-order valence-corrected chi connectivity index (χ4v) is 1.88. The first-order valence-corrected chi connectivity index (χ1v) is 6.13. The summed E-state index contributed by atoms with van der Waals surface area (Å²) in [5.41, 5.74) is 0.571. The molecule has 1 saturated heterocycles. The van der Waals surface area contributed by atoms with Crippen molar-refractivity contribution < 1.29 is 23.8 Å². The minimum Gasteiger partial charge on any atom is -0.479 e. The second kappa shape index (κ2) is 6.29. The second-order valence-corrected chi connectivity index (χ2v) is 4.37. The van der Waals surface area contributed by atoms with Crippen molar-refractivity contribution in [1.29, 1.82) is 0 Å². The molecule has 1 amide bonds. The van der Waals surface area contributed by atoms with Gasteiger partial charge in [0.25, 0.3) is 0 Å². The van der Waals surface area contributed by atoms with Crippen LogP contribution in [0.4, 0.5) is 4.39 Å². The van der Waals surface area contributed by atoms with Gasteiger partial charge in [-0.25, -0.2) is 9.18 Å². The van der Waals surface area contributed by atoms with Gasteiger partial charge in [0.1, 0.15) is 5.82 Å². The number of amides is 1. The summed E-state index contributed by atoms with van der Waals surface area (Å²) in [7, 11) is 0. The van der Waals surface area contributed by atoms with E-state index in [4.69, 9.17) is 9.84 Å². The lowest BCUT2D eigenvalue weighted by molar-refractivity contribution is -0.158. The molecule has 106 valence electrons. The number of hydrogen-bond donors (Lipinski definition) is 1. The Morgan fingerprint density at radius 2 is 2.25 bits per heavy atom. The van der Waals surface area contributed by atoms with E-state index in [2.05, 4.69) is 0 Å². The number of carbonyl (C=O) groups excluding carboxylic acids is 1. The maximum Gasteiger partial charge on any atom is 0.334 e. The number of nitrogens with zero attached hydrogens (tertiary/aromatic N) is 1. The fraction of sp³-hybridized carbons (Fsp3) is 0.286. The Bertz CT molecular complexity index is 544. The summed E-state index contributed by atoms with van der Waals surface area (Å²) in [6, 6.07) is 5.85. The smallest absolute Gasteiger partial charge is 0.334 e. The van der Waals surface area contributed by atoms with E-state index in [0.29, 0.717) is 12.1 Å². The van der Waals surface area contributed by atoms with Crippen molar-refractivity contribution in [2.75, 3.05) is 19.7 Å². The molecular weight excluding hydrogens is 265 g/mol. The molecule has 0 aromatic heterocycles. The summed E-state index contributed by atoms with van der Waals surface area (Å²) < 4.78 is 18.0. The molecule has 1 aliphatic rings. The zero-order chi connectivity index (χ0) is 14.5. The highest BCUT2D eigenvalue weighted by Gasteiger charge is 2.27. The Hall–Kier alpha value is -2.21. The number of morpholine rings is 1. The minimum absolute atomic E-state index is 0.0155. The van der Waals surface area contributed by atoms with Crippen molar-refractivity contribution >= 4 is 18.0 Å². The van der Waals surface area contributed by atoms with Crippen LogP contribution in [0.15, 0.2) is 30.3 Å². The van der Waals surface area contributed by atoms with Gasteiger partial charge in [-0.3, -0.25) is 4.79 Å². The zero-order valence-electron chi connectivity index (χ0n) is 10.7. The number of carbonyl (C=O) groups is 2. The van der Waals surface area contributed by atoms with E-state index in [0.717, 1.165) is 0 Å². The third-order valence-corrected chi connectivity index (χ3v) is 2.92. The van der Waals surface area contributed by atoms with E-state index in [1.807, 2.05) is 0 Å². The van der Waals surface area contributed by atoms with Crippen molar-refractivity contribution in [3.8, 4) is 0 Å². The van der Waals surface area contributed by atoms with E-state index in [1.165, 1.54) is 29.2 Å². The number of ether oxygens (including phenoxy) is 1. The third-order valence-electron chi connectivity index (χ3n) is 2.92. The number of aliphatic carboxylic acids is 1. The standard InChI is InChI=1S/C14H14FNO4/c15-11-3-1-2-10(8-11)4-5-13(17)16-6-7-20-12(9-16)14(18)19/h1-5,8,12H,6-7,9H2,(H,18,19). The molecule has 1 atom stereocenters. The molecule has 0 bridgehead atoms. The largest absolute Gasteiger partial charge is 0.479 e. The van der Waals surface area contributed by atoms with Gasteiger partial charge in [-0.2, -0.15) is 0 Å². The Kier molecular flexibility index (Phi) is 4.47. The molecule has 0 aliphatic carbocycles. The average Bonchev–Trinajstić information content (AvgIpc) is 2.45. The van der Waals surface area contributed by atoms with E-state index in [9.17, 15) is 14.0 Å². The monoisotopic (exact) mass is 279 g/mol. The predicted octanol–water partition coefficient (Wildman–Crippen LogP) is 1.15. The van der Waals surface area contributed by atoms with Gasteiger partial charge in [0.05, 0.1) is 13.2 Å². The van der Waals surface area contributed by atoms with Crippen LogP contribution >= 0.6 is 0 Å². The predicted molar refractivity (Wildman–Crippen MR) is 69.4 cm³/mol. The molecular formula is C14H14FNO4. The summed E-state index contributed by atoms with van der Waals surface area (Å²) >= 11 is 0. The van der Waals surface area contributed by atoms with E-state index < -0.39 is 12.1 Å². The van der Waals surface area contributed by atoms with E-state index in [-0.39, 0.29) is 24.9 Å². The molecule has 6 heteroatoms. The molecule has 1 unspecified atom stereocenters. The van der Waals surface area contributed by atoms with Crippen LogP contribution in [0.5, 0.6) is 0 Å². The first-order valence-electron chi connectivity index (χ1n) is 6.13. The van der Waals surface area contributed by atoms with Crippen LogP contribution < -0.4 is 0 Å². The minimum atomic E-state index is -1.09. The lowest BCUT2D eigenvalue weighted by Crippen LogP contribution is -2.48. The summed E-state index contributed by atoms with van der Waals surface area (Å²) in [4.78, 5) is 24.1. The Morgan fingerprint density at radius 1 is 1.45 bits per heavy atom. The molecule has 0 radical (unpaired) electrons. The highest BCUT2D eigenvalue weighted by atomic mass is 19.1. The van der Waals surface area contributed by atoms with Crippen molar-refractivity contribution in [3.63, 3.8) is 0 Å². The van der Waals surface area contributed by atoms with Gasteiger partial charge in [-0.05, 0) is 23.8 Å². The molecule has 1 aliphatic heterocycles. The lowest BCUT2D eigenvalue weighted by Gasteiger charge is -2.30. The highest BCUT2D eigenvalue weighted by molar-refractivity contribution is 5.92. The number of benzene rings is 1. The molecule has 1 aromatic carbocycles. The molecule has 0 spiro atoms. The second-order valence-electron chi connectivity index (χ2n) is 4.37. The molecule has 2 rings (SSSR count). The number of carboxylic acid groups (broad SMARTS) is 1. The average molecular weight is 279 g/mol. The van der Waals surface area contributed by atoms with Crippen LogP contribution in [-0.2, 0) is 14.3 Å². The van der Waals surface area contributed by atoms with E-state index >= 15 is 0 Å². The Balaban J connectivity index is 1.99. The summed E-state index contributed by atoms with van der Waals surface area (Å²) in [6.45, 7) is 0.550. The molecule has 0 saturated carbocycles. The van der Waals surface area contributed by atoms with Gasteiger partial charge in [0.15, 0.2) is 6.10 Å². The number of carboxylic acids is 1. The van der Waals surface area contributed by atoms with Crippen molar-refractivity contribution in [1.82, 2.24) is 4.90 Å². The van der Waals surface area contributed by atoms with Gasteiger partial charge in [-0.1, -0.05) is 12.1 Å². The van der Waals surface area contributed by atoms with Crippen molar-refractivity contribution in [2.24, 2.45) is 0 Å². The van der Waals surface area contributed by atoms with Crippen molar-refractivity contribution in [3.05, 3.63) is 41.7 Å². The molecule has 20 heavy (non-hydrogen) atoms. The molecule has 5 nitrogen and oxygen atoms in total. The number of rotatable bonds is 3. The van der Waals surface area contributed by atoms with Gasteiger partial charge in [-0.15, -0.1) is 0 Å². The quantitative estimate of drug-likeness (QED) is 0.843. The van der Waals surface area contributed by atoms with Gasteiger partial charge in [0, 0.05) is 12.6 Å². The van der Waals surface area contributed by atoms with Gasteiger partial charge >= 0.3 is 5.97 Å².